The zero-order valence-corrected chi connectivity index (χ0v) is 12.1. The number of carbonyl (C=O) groups is 1. The molecular formula is C15H17ClN2O2. The number of aryl methyl sites for hydroxylation is 1. The van der Waals surface area contributed by atoms with Crippen LogP contribution in [0.1, 0.15) is 12.2 Å². The normalized spacial score (nSPS) is 10.5. The number of benzene rings is 1. The van der Waals surface area contributed by atoms with Crippen LogP contribution in [-0.4, -0.2) is 35.4 Å². The summed E-state index contributed by atoms with van der Waals surface area (Å²) in [6.07, 6.45) is 1.57. The SMILES string of the molecule is CN(CCCc1cc(-c2ccccc2)no1)C(=O)CCl. The monoisotopic (exact) mass is 292 g/mol. The van der Waals surface area contributed by atoms with Crippen molar-refractivity contribution in [1.29, 1.82) is 0 Å². The predicted molar refractivity (Wildman–Crippen MR) is 78.6 cm³/mol. The van der Waals surface area contributed by atoms with E-state index in [9.17, 15) is 4.79 Å². The van der Waals surface area contributed by atoms with Crippen LogP contribution in [0.15, 0.2) is 40.9 Å². The van der Waals surface area contributed by atoms with Crippen molar-refractivity contribution in [3.8, 4) is 11.3 Å². The molecule has 4 nitrogen and oxygen atoms in total. The van der Waals surface area contributed by atoms with Crippen molar-refractivity contribution in [3.63, 3.8) is 0 Å². The maximum absolute atomic E-state index is 11.3. The fraction of sp³-hybridized carbons (Fsp3) is 0.333. The summed E-state index contributed by atoms with van der Waals surface area (Å²) >= 11 is 5.49. The van der Waals surface area contributed by atoms with Gasteiger partial charge in [0.05, 0.1) is 0 Å². The molecule has 0 aliphatic heterocycles. The third kappa shape index (κ3) is 3.84. The first-order valence-electron chi connectivity index (χ1n) is 6.51. The van der Waals surface area contributed by atoms with E-state index in [4.69, 9.17) is 16.1 Å². The van der Waals surface area contributed by atoms with Crippen LogP contribution >= 0.6 is 11.6 Å². The van der Waals surface area contributed by atoms with Gasteiger partial charge in [-0.1, -0.05) is 35.5 Å². The van der Waals surface area contributed by atoms with Gasteiger partial charge in [-0.05, 0) is 6.42 Å². The first-order valence-corrected chi connectivity index (χ1v) is 7.05. The van der Waals surface area contributed by atoms with Gasteiger partial charge in [0, 0.05) is 31.6 Å². The molecule has 1 aromatic carbocycles. The Hall–Kier alpha value is -1.81. The summed E-state index contributed by atoms with van der Waals surface area (Å²) in [7, 11) is 1.75. The van der Waals surface area contributed by atoms with Crippen molar-refractivity contribution >= 4 is 17.5 Å². The van der Waals surface area contributed by atoms with Gasteiger partial charge in [0.25, 0.3) is 0 Å². The Morgan fingerprint density at radius 2 is 2.10 bits per heavy atom. The molecule has 0 bridgehead atoms. The maximum atomic E-state index is 11.3. The molecule has 0 unspecified atom stereocenters. The van der Waals surface area contributed by atoms with Crippen LogP contribution in [0, 0.1) is 0 Å². The second-order valence-corrected chi connectivity index (χ2v) is 4.86. The molecule has 0 spiro atoms. The molecule has 2 rings (SSSR count). The maximum Gasteiger partial charge on any atom is 0.237 e. The van der Waals surface area contributed by atoms with Gasteiger partial charge in [-0.25, -0.2) is 0 Å². The number of carbonyl (C=O) groups excluding carboxylic acids is 1. The van der Waals surface area contributed by atoms with Gasteiger partial charge >= 0.3 is 0 Å². The van der Waals surface area contributed by atoms with Gasteiger partial charge in [0.1, 0.15) is 17.3 Å². The minimum absolute atomic E-state index is 0.0248. The van der Waals surface area contributed by atoms with Crippen LogP contribution < -0.4 is 0 Å². The molecule has 106 valence electrons. The number of rotatable bonds is 6. The van der Waals surface area contributed by atoms with Crippen molar-refractivity contribution in [2.45, 2.75) is 12.8 Å². The van der Waals surface area contributed by atoms with Crippen LogP contribution in [0.3, 0.4) is 0 Å². The molecule has 1 amide bonds. The summed E-state index contributed by atoms with van der Waals surface area (Å²) < 4.78 is 5.31. The van der Waals surface area contributed by atoms with Crippen molar-refractivity contribution in [1.82, 2.24) is 10.1 Å². The Morgan fingerprint density at radius 1 is 1.35 bits per heavy atom. The molecule has 1 aromatic heterocycles. The van der Waals surface area contributed by atoms with E-state index in [1.807, 2.05) is 36.4 Å². The molecule has 0 aliphatic carbocycles. The molecule has 20 heavy (non-hydrogen) atoms. The van der Waals surface area contributed by atoms with E-state index in [0.717, 1.165) is 29.9 Å². The van der Waals surface area contributed by atoms with Gasteiger partial charge in [0.2, 0.25) is 5.91 Å². The average Bonchev–Trinajstić information content (AvgIpc) is 2.96. The zero-order valence-electron chi connectivity index (χ0n) is 11.4. The topological polar surface area (TPSA) is 46.3 Å². The molecule has 0 aliphatic rings. The lowest BCUT2D eigenvalue weighted by molar-refractivity contribution is -0.127. The van der Waals surface area contributed by atoms with Gasteiger partial charge in [-0.3, -0.25) is 4.79 Å². The van der Waals surface area contributed by atoms with Crippen LogP contribution in [0.25, 0.3) is 11.3 Å². The molecule has 0 atom stereocenters. The second kappa shape index (κ2) is 7.10. The van der Waals surface area contributed by atoms with E-state index in [1.54, 1.807) is 11.9 Å². The zero-order chi connectivity index (χ0) is 14.4. The highest BCUT2D eigenvalue weighted by atomic mass is 35.5. The van der Waals surface area contributed by atoms with E-state index in [-0.39, 0.29) is 11.8 Å². The third-order valence-electron chi connectivity index (χ3n) is 3.09. The summed E-state index contributed by atoms with van der Waals surface area (Å²) in [5.41, 5.74) is 1.88. The predicted octanol–water partition coefficient (Wildman–Crippen LogP) is 2.97. The van der Waals surface area contributed by atoms with E-state index < -0.39 is 0 Å². The minimum Gasteiger partial charge on any atom is -0.361 e. The standard InChI is InChI=1S/C15H17ClN2O2/c1-18(15(19)11-16)9-5-8-13-10-14(17-20-13)12-6-3-2-4-7-12/h2-4,6-7,10H,5,8-9,11H2,1H3. The molecular weight excluding hydrogens is 276 g/mol. The molecule has 0 saturated heterocycles. The van der Waals surface area contributed by atoms with Crippen molar-refractivity contribution in [3.05, 3.63) is 42.2 Å². The lowest BCUT2D eigenvalue weighted by Gasteiger charge is -2.14. The Labute approximate surface area is 123 Å². The van der Waals surface area contributed by atoms with Crippen LogP contribution in [0.2, 0.25) is 0 Å². The fourth-order valence-electron chi connectivity index (χ4n) is 1.89. The second-order valence-electron chi connectivity index (χ2n) is 4.60. The quantitative estimate of drug-likeness (QED) is 0.769. The van der Waals surface area contributed by atoms with E-state index in [0.29, 0.717) is 6.54 Å². The fourth-order valence-corrected chi connectivity index (χ4v) is 2.10. The van der Waals surface area contributed by atoms with E-state index in [2.05, 4.69) is 5.16 Å². The third-order valence-corrected chi connectivity index (χ3v) is 3.31. The molecule has 1 heterocycles. The Kier molecular flexibility index (Phi) is 5.18. The van der Waals surface area contributed by atoms with Crippen LogP contribution in [0.5, 0.6) is 0 Å². The number of nitrogens with zero attached hydrogens (tertiary/aromatic N) is 2. The van der Waals surface area contributed by atoms with E-state index in [1.165, 1.54) is 0 Å². The van der Waals surface area contributed by atoms with Gasteiger partial charge in [0.15, 0.2) is 0 Å². The highest BCUT2D eigenvalue weighted by Crippen LogP contribution is 2.19. The summed E-state index contributed by atoms with van der Waals surface area (Å²) in [5.74, 6) is 0.793. The number of alkyl halides is 1. The lowest BCUT2D eigenvalue weighted by atomic mass is 10.1. The van der Waals surface area contributed by atoms with Crippen molar-refractivity contribution in [2.24, 2.45) is 0 Å². The Balaban J connectivity index is 1.86. The molecule has 2 aromatic rings. The smallest absolute Gasteiger partial charge is 0.237 e. The number of hydrogen-bond donors (Lipinski definition) is 0. The largest absolute Gasteiger partial charge is 0.361 e. The highest BCUT2D eigenvalue weighted by Gasteiger charge is 2.09. The van der Waals surface area contributed by atoms with Gasteiger partial charge in [-0.2, -0.15) is 0 Å². The highest BCUT2D eigenvalue weighted by molar-refractivity contribution is 6.27. The summed E-state index contributed by atoms with van der Waals surface area (Å²) in [6, 6.07) is 11.8. The molecule has 0 radical (unpaired) electrons. The number of hydrogen-bond acceptors (Lipinski definition) is 3. The minimum atomic E-state index is -0.0609. The summed E-state index contributed by atoms with van der Waals surface area (Å²) in [5, 5.41) is 4.06. The van der Waals surface area contributed by atoms with Gasteiger partial charge < -0.3 is 9.42 Å². The van der Waals surface area contributed by atoms with Crippen LogP contribution in [-0.2, 0) is 11.2 Å². The summed E-state index contributed by atoms with van der Waals surface area (Å²) in [4.78, 5) is 12.9. The van der Waals surface area contributed by atoms with E-state index >= 15 is 0 Å². The summed E-state index contributed by atoms with van der Waals surface area (Å²) in [6.45, 7) is 0.660. The molecule has 0 saturated carbocycles. The van der Waals surface area contributed by atoms with Crippen molar-refractivity contribution < 1.29 is 9.32 Å². The first kappa shape index (κ1) is 14.6. The average molecular weight is 293 g/mol. The Morgan fingerprint density at radius 3 is 2.80 bits per heavy atom. The number of aromatic nitrogens is 1. The Bertz CT molecular complexity index is 554. The molecule has 5 heteroatoms. The van der Waals surface area contributed by atoms with Gasteiger partial charge in [-0.15, -0.1) is 11.6 Å². The molecule has 0 N–H and O–H groups in total. The number of halogens is 1. The lowest BCUT2D eigenvalue weighted by Crippen LogP contribution is -2.28. The van der Waals surface area contributed by atoms with Crippen molar-refractivity contribution in [2.75, 3.05) is 19.5 Å². The first-order chi connectivity index (χ1) is 9.70. The molecule has 0 fully saturated rings. The van der Waals surface area contributed by atoms with Crippen LogP contribution in [0.4, 0.5) is 0 Å². The number of amides is 1.